The van der Waals surface area contributed by atoms with E-state index in [2.05, 4.69) is 0 Å². The summed E-state index contributed by atoms with van der Waals surface area (Å²) in [7, 11) is 0. The van der Waals surface area contributed by atoms with Crippen molar-refractivity contribution >= 4 is 0 Å². The third-order valence-corrected chi connectivity index (χ3v) is 1.96. The molecule has 0 aliphatic heterocycles. The molecule has 0 spiro atoms. The zero-order valence-electron chi connectivity index (χ0n) is 7.74. The lowest BCUT2D eigenvalue weighted by Crippen LogP contribution is -2.21. The molecule has 74 valence electrons. The highest BCUT2D eigenvalue weighted by Gasteiger charge is 2.09. The van der Waals surface area contributed by atoms with Crippen LogP contribution in [0.15, 0.2) is 0 Å². The molecule has 2 atom stereocenters. The van der Waals surface area contributed by atoms with Crippen molar-refractivity contribution < 1.29 is 15.3 Å². The van der Waals surface area contributed by atoms with Gasteiger partial charge in [0.1, 0.15) is 0 Å². The van der Waals surface area contributed by atoms with Gasteiger partial charge in [-0.25, -0.2) is 0 Å². The summed E-state index contributed by atoms with van der Waals surface area (Å²) in [4.78, 5) is 0. The number of hydrogen-bond acceptors (Lipinski definition) is 3. The number of hydrogen-bond donors (Lipinski definition) is 3. The van der Waals surface area contributed by atoms with Crippen molar-refractivity contribution in [3.8, 4) is 0 Å². The summed E-state index contributed by atoms with van der Waals surface area (Å²) in [5.74, 6) is 0. The van der Waals surface area contributed by atoms with Crippen LogP contribution in [0.2, 0.25) is 0 Å². The van der Waals surface area contributed by atoms with Gasteiger partial charge in [0, 0.05) is 6.61 Å². The Labute approximate surface area is 74.0 Å². The van der Waals surface area contributed by atoms with Gasteiger partial charge in [0.05, 0.1) is 12.2 Å². The van der Waals surface area contributed by atoms with E-state index in [0.29, 0.717) is 6.42 Å². The fourth-order valence-electron chi connectivity index (χ4n) is 1.06. The maximum Gasteiger partial charge on any atom is 0.0796 e. The molecule has 0 rings (SSSR count). The molecule has 12 heavy (non-hydrogen) atoms. The fourth-order valence-corrected chi connectivity index (χ4v) is 1.06. The molecule has 0 aliphatic rings. The topological polar surface area (TPSA) is 60.7 Å². The lowest BCUT2D eigenvalue weighted by Gasteiger charge is -2.12. The van der Waals surface area contributed by atoms with Crippen molar-refractivity contribution in [3.05, 3.63) is 0 Å². The highest BCUT2D eigenvalue weighted by atomic mass is 16.3. The van der Waals surface area contributed by atoms with Crippen LogP contribution in [0.4, 0.5) is 0 Å². The standard InChI is InChI=1S/C9H20O3/c1-8(11)9(12)6-4-2-3-5-7-10/h8-12H,2-7H2,1H3. The first-order chi connectivity index (χ1) is 5.68. The summed E-state index contributed by atoms with van der Waals surface area (Å²) in [6.07, 6.45) is 3.23. The third kappa shape index (κ3) is 6.58. The first-order valence-corrected chi connectivity index (χ1v) is 4.65. The molecule has 0 bridgehead atoms. The second kappa shape index (κ2) is 7.53. The Morgan fingerprint density at radius 3 is 2.08 bits per heavy atom. The first-order valence-electron chi connectivity index (χ1n) is 4.65. The normalized spacial score (nSPS) is 16.0. The fraction of sp³-hybridized carbons (Fsp3) is 1.00. The van der Waals surface area contributed by atoms with Crippen LogP contribution < -0.4 is 0 Å². The van der Waals surface area contributed by atoms with Crippen LogP contribution in [0.1, 0.15) is 39.0 Å². The Morgan fingerprint density at radius 1 is 1.00 bits per heavy atom. The molecular weight excluding hydrogens is 156 g/mol. The molecule has 0 fully saturated rings. The largest absolute Gasteiger partial charge is 0.396 e. The minimum Gasteiger partial charge on any atom is -0.396 e. The van der Waals surface area contributed by atoms with Gasteiger partial charge in [-0.05, 0) is 19.8 Å². The second-order valence-corrected chi connectivity index (χ2v) is 3.23. The van der Waals surface area contributed by atoms with E-state index in [1.165, 1.54) is 0 Å². The van der Waals surface area contributed by atoms with E-state index < -0.39 is 12.2 Å². The quantitative estimate of drug-likeness (QED) is 0.500. The zero-order chi connectivity index (χ0) is 9.40. The molecule has 0 saturated carbocycles. The van der Waals surface area contributed by atoms with Gasteiger partial charge in [0.15, 0.2) is 0 Å². The monoisotopic (exact) mass is 176 g/mol. The van der Waals surface area contributed by atoms with Crippen molar-refractivity contribution in [1.29, 1.82) is 0 Å². The average molecular weight is 176 g/mol. The zero-order valence-corrected chi connectivity index (χ0v) is 7.74. The molecule has 0 heterocycles. The molecule has 0 radical (unpaired) electrons. The lowest BCUT2D eigenvalue weighted by molar-refractivity contribution is 0.0246. The maximum atomic E-state index is 9.18. The van der Waals surface area contributed by atoms with Crippen molar-refractivity contribution in [1.82, 2.24) is 0 Å². The average Bonchev–Trinajstić information content (AvgIpc) is 2.03. The molecule has 0 aliphatic carbocycles. The van der Waals surface area contributed by atoms with E-state index in [4.69, 9.17) is 10.2 Å². The van der Waals surface area contributed by atoms with Gasteiger partial charge in [0.25, 0.3) is 0 Å². The summed E-state index contributed by atoms with van der Waals surface area (Å²) in [5.41, 5.74) is 0. The van der Waals surface area contributed by atoms with E-state index in [1.54, 1.807) is 6.92 Å². The maximum absolute atomic E-state index is 9.18. The molecular formula is C9H20O3. The van der Waals surface area contributed by atoms with Crippen LogP contribution in [-0.2, 0) is 0 Å². The van der Waals surface area contributed by atoms with Crippen LogP contribution >= 0.6 is 0 Å². The van der Waals surface area contributed by atoms with E-state index in [1.807, 2.05) is 0 Å². The lowest BCUT2D eigenvalue weighted by atomic mass is 10.1. The molecule has 3 N–H and O–H groups in total. The summed E-state index contributed by atoms with van der Waals surface area (Å²) in [6, 6.07) is 0. The summed E-state index contributed by atoms with van der Waals surface area (Å²) < 4.78 is 0. The summed E-state index contributed by atoms with van der Waals surface area (Å²) in [5, 5.41) is 26.6. The van der Waals surface area contributed by atoms with Crippen molar-refractivity contribution in [2.45, 2.75) is 51.2 Å². The molecule has 0 saturated heterocycles. The Bertz CT molecular complexity index is 93.8. The van der Waals surface area contributed by atoms with Gasteiger partial charge < -0.3 is 15.3 Å². The molecule has 0 aromatic heterocycles. The predicted octanol–water partition coefficient (Wildman–Crippen LogP) is 0.671. The third-order valence-electron chi connectivity index (χ3n) is 1.96. The number of aliphatic hydroxyl groups excluding tert-OH is 3. The number of rotatable bonds is 7. The molecule has 0 aromatic carbocycles. The van der Waals surface area contributed by atoms with Gasteiger partial charge in [0.2, 0.25) is 0 Å². The first kappa shape index (κ1) is 11.9. The molecule has 0 amide bonds. The Kier molecular flexibility index (Phi) is 7.45. The van der Waals surface area contributed by atoms with E-state index >= 15 is 0 Å². The van der Waals surface area contributed by atoms with Crippen molar-refractivity contribution in [3.63, 3.8) is 0 Å². The smallest absolute Gasteiger partial charge is 0.0796 e. The van der Waals surface area contributed by atoms with E-state index in [9.17, 15) is 5.11 Å². The van der Waals surface area contributed by atoms with Gasteiger partial charge in [-0.2, -0.15) is 0 Å². The minimum atomic E-state index is -0.622. The van der Waals surface area contributed by atoms with Crippen molar-refractivity contribution in [2.24, 2.45) is 0 Å². The predicted molar refractivity (Wildman–Crippen MR) is 47.9 cm³/mol. The molecule has 3 heteroatoms. The van der Waals surface area contributed by atoms with Gasteiger partial charge in [-0.15, -0.1) is 0 Å². The summed E-state index contributed by atoms with van der Waals surface area (Å²) in [6.45, 7) is 1.84. The van der Waals surface area contributed by atoms with Crippen LogP contribution in [0, 0.1) is 0 Å². The van der Waals surface area contributed by atoms with Crippen LogP contribution in [-0.4, -0.2) is 34.1 Å². The highest BCUT2D eigenvalue weighted by molar-refractivity contribution is 4.61. The van der Waals surface area contributed by atoms with E-state index in [-0.39, 0.29) is 6.61 Å². The minimum absolute atomic E-state index is 0.249. The highest BCUT2D eigenvalue weighted by Crippen LogP contribution is 2.07. The molecule has 0 aromatic rings. The van der Waals surface area contributed by atoms with Crippen molar-refractivity contribution in [2.75, 3.05) is 6.61 Å². The second-order valence-electron chi connectivity index (χ2n) is 3.23. The SMILES string of the molecule is CC(O)C(O)CCCCCCO. The summed E-state index contributed by atoms with van der Waals surface area (Å²) >= 11 is 0. The number of aliphatic hydroxyl groups is 3. The Hall–Kier alpha value is -0.120. The Balaban J connectivity index is 3.08. The van der Waals surface area contributed by atoms with Crippen LogP contribution in [0.3, 0.4) is 0 Å². The number of unbranched alkanes of at least 4 members (excludes halogenated alkanes) is 3. The van der Waals surface area contributed by atoms with Gasteiger partial charge in [-0.3, -0.25) is 0 Å². The Morgan fingerprint density at radius 2 is 1.58 bits per heavy atom. The van der Waals surface area contributed by atoms with Gasteiger partial charge >= 0.3 is 0 Å². The molecule has 2 unspecified atom stereocenters. The van der Waals surface area contributed by atoms with Crippen LogP contribution in [0.5, 0.6) is 0 Å². The molecule has 3 nitrogen and oxygen atoms in total. The van der Waals surface area contributed by atoms with Crippen LogP contribution in [0.25, 0.3) is 0 Å². The van der Waals surface area contributed by atoms with E-state index in [0.717, 1.165) is 25.7 Å². The van der Waals surface area contributed by atoms with Gasteiger partial charge in [-0.1, -0.05) is 19.3 Å².